The predicted molar refractivity (Wildman–Crippen MR) is 183 cm³/mol. The van der Waals surface area contributed by atoms with E-state index in [4.69, 9.17) is 4.74 Å². The molecule has 0 aliphatic carbocycles. The number of ether oxygens (including phenoxy) is 1. The van der Waals surface area contributed by atoms with Crippen LogP contribution in [0.25, 0.3) is 0 Å². The Morgan fingerprint density at radius 1 is 0.275 bits per heavy atom. The molecule has 1 nitrogen and oxygen atoms in total. The van der Waals surface area contributed by atoms with Crippen LogP contribution in [-0.4, -0.2) is 6.61 Å². The molecule has 0 fully saturated rings. The molecule has 1 heteroatoms. The second kappa shape index (κ2) is 39.0. The minimum absolute atomic E-state index is 0.942. The molecular weight excluding hydrogens is 484 g/mol. The first kappa shape index (κ1) is 40.0. The van der Waals surface area contributed by atoms with Crippen LogP contribution in [0.5, 0.6) is 0 Å². The molecule has 0 aromatic heterocycles. The van der Waals surface area contributed by atoms with Crippen molar-refractivity contribution in [3.05, 3.63) is 6.61 Å². The van der Waals surface area contributed by atoms with Crippen LogP contribution in [0.15, 0.2) is 0 Å². The van der Waals surface area contributed by atoms with E-state index >= 15 is 0 Å². The van der Waals surface area contributed by atoms with Gasteiger partial charge in [0.15, 0.2) is 0 Å². The van der Waals surface area contributed by atoms with Crippen LogP contribution >= 0.6 is 0 Å². The van der Waals surface area contributed by atoms with Gasteiger partial charge in [-0.05, 0) is 12.8 Å². The third-order valence-corrected chi connectivity index (χ3v) is 8.91. The smallest absolute Gasteiger partial charge is 0.0836 e. The molecule has 0 spiro atoms. The minimum Gasteiger partial charge on any atom is -0.376 e. The molecule has 0 heterocycles. The minimum atomic E-state index is 0.942. The number of rotatable bonds is 37. The summed E-state index contributed by atoms with van der Waals surface area (Å²) in [5.41, 5.74) is 0. The summed E-state index contributed by atoms with van der Waals surface area (Å²) >= 11 is 0. The highest BCUT2D eigenvalue weighted by Gasteiger charge is 1.97. The van der Waals surface area contributed by atoms with Gasteiger partial charge in [0, 0.05) is 6.61 Å². The van der Waals surface area contributed by atoms with Crippen molar-refractivity contribution in [3.8, 4) is 0 Å². The summed E-state index contributed by atoms with van der Waals surface area (Å²) in [5, 5.41) is 0. The molecule has 0 amide bonds. The Balaban J connectivity index is 3.01. The maximum atomic E-state index is 5.76. The summed E-state index contributed by atoms with van der Waals surface area (Å²) in [6, 6.07) is 0. The van der Waals surface area contributed by atoms with Gasteiger partial charge in [-0.15, -0.1) is 0 Å². The molecule has 0 aliphatic heterocycles. The molecule has 0 unspecified atom stereocenters. The van der Waals surface area contributed by atoms with Crippen molar-refractivity contribution in [2.24, 2.45) is 0 Å². The summed E-state index contributed by atoms with van der Waals surface area (Å²) in [5.74, 6) is 0. The van der Waals surface area contributed by atoms with Gasteiger partial charge in [0.1, 0.15) is 0 Å². The third-order valence-electron chi connectivity index (χ3n) is 8.91. The second-order valence-corrected chi connectivity index (χ2v) is 13.1. The van der Waals surface area contributed by atoms with Crippen molar-refractivity contribution in [3.63, 3.8) is 0 Å². The van der Waals surface area contributed by atoms with E-state index in [1.165, 1.54) is 218 Å². The topological polar surface area (TPSA) is 9.23 Å². The highest BCUT2D eigenvalue weighted by Crippen LogP contribution is 2.16. The van der Waals surface area contributed by atoms with Gasteiger partial charge in [-0.3, -0.25) is 0 Å². The molecule has 241 valence electrons. The largest absolute Gasteiger partial charge is 0.376 e. The Morgan fingerprint density at radius 3 is 0.775 bits per heavy atom. The second-order valence-electron chi connectivity index (χ2n) is 13.1. The van der Waals surface area contributed by atoms with E-state index in [9.17, 15) is 0 Å². The van der Waals surface area contributed by atoms with Crippen LogP contribution < -0.4 is 0 Å². The van der Waals surface area contributed by atoms with Crippen molar-refractivity contribution >= 4 is 0 Å². The van der Waals surface area contributed by atoms with Gasteiger partial charge < -0.3 is 4.74 Å². The van der Waals surface area contributed by atoms with E-state index in [2.05, 4.69) is 20.5 Å². The fourth-order valence-corrected chi connectivity index (χ4v) is 6.03. The number of hydrogen-bond acceptors (Lipinski definition) is 1. The molecule has 0 saturated carbocycles. The first-order valence-corrected chi connectivity index (χ1v) is 19.3. The molecule has 0 aromatic rings. The zero-order chi connectivity index (χ0) is 28.9. The van der Waals surface area contributed by atoms with Gasteiger partial charge in [-0.2, -0.15) is 0 Å². The predicted octanol–water partition coefficient (Wildman–Crippen LogP) is 14.9. The maximum absolute atomic E-state index is 5.76. The van der Waals surface area contributed by atoms with Crippen LogP contribution in [0.3, 0.4) is 0 Å². The summed E-state index contributed by atoms with van der Waals surface area (Å²) in [4.78, 5) is 0. The SMILES string of the molecule is CCCCCCCCCCCCCCCCCCC[CH]OCCCCCCCCCCCCCCCCCCC. The lowest BCUT2D eigenvalue weighted by molar-refractivity contribution is 0.183. The summed E-state index contributed by atoms with van der Waals surface area (Å²) < 4.78 is 5.76. The average molecular weight is 564 g/mol. The molecule has 0 saturated heterocycles. The Bertz CT molecular complexity index is 368. The normalized spacial score (nSPS) is 11.6. The van der Waals surface area contributed by atoms with Crippen molar-refractivity contribution in [1.82, 2.24) is 0 Å². The number of unbranched alkanes of at least 4 members (excludes halogenated alkanes) is 33. The molecule has 0 rings (SSSR count). The van der Waals surface area contributed by atoms with Gasteiger partial charge in [0.2, 0.25) is 0 Å². The fraction of sp³-hybridized carbons (Fsp3) is 0.974. The zero-order valence-electron chi connectivity index (χ0n) is 28.4. The molecule has 40 heavy (non-hydrogen) atoms. The van der Waals surface area contributed by atoms with Crippen LogP contribution in [0.1, 0.15) is 239 Å². The zero-order valence-corrected chi connectivity index (χ0v) is 28.4. The molecule has 0 bridgehead atoms. The van der Waals surface area contributed by atoms with Gasteiger partial charge in [-0.1, -0.05) is 226 Å². The first-order chi connectivity index (χ1) is 19.9. The Hall–Kier alpha value is -0.0400. The highest BCUT2D eigenvalue weighted by molar-refractivity contribution is 4.55. The van der Waals surface area contributed by atoms with Crippen LogP contribution in [-0.2, 0) is 4.74 Å². The van der Waals surface area contributed by atoms with Crippen molar-refractivity contribution in [2.75, 3.05) is 6.61 Å². The van der Waals surface area contributed by atoms with Crippen molar-refractivity contribution in [1.29, 1.82) is 0 Å². The third kappa shape index (κ3) is 38.0. The van der Waals surface area contributed by atoms with E-state index in [-0.39, 0.29) is 0 Å². The van der Waals surface area contributed by atoms with Gasteiger partial charge >= 0.3 is 0 Å². The van der Waals surface area contributed by atoms with Crippen LogP contribution in [0.2, 0.25) is 0 Å². The molecule has 0 N–H and O–H groups in total. The van der Waals surface area contributed by atoms with E-state index in [1.807, 2.05) is 0 Å². The molecular formula is C39H79O. The molecule has 0 aromatic carbocycles. The Labute approximate surface area is 256 Å². The van der Waals surface area contributed by atoms with Gasteiger partial charge in [-0.25, -0.2) is 0 Å². The van der Waals surface area contributed by atoms with Crippen molar-refractivity contribution < 1.29 is 4.74 Å². The molecule has 0 aliphatic rings. The quantitative estimate of drug-likeness (QED) is 0.0683. The lowest BCUT2D eigenvalue weighted by Gasteiger charge is -2.05. The standard InChI is InChI=1S/C39H79O/c1-3-5-7-9-11-13-15-17-19-21-23-25-27-29-31-33-35-37-39-40-38-36-34-32-30-28-26-24-22-20-18-16-14-12-10-8-6-4-2/h39H,3-38H2,1-2H3. The highest BCUT2D eigenvalue weighted by atomic mass is 16.5. The Kier molecular flexibility index (Phi) is 38.9. The summed E-state index contributed by atoms with van der Waals surface area (Å²) in [6.45, 7) is 7.64. The fourth-order valence-electron chi connectivity index (χ4n) is 6.03. The van der Waals surface area contributed by atoms with E-state index in [0.717, 1.165) is 13.0 Å². The van der Waals surface area contributed by atoms with Crippen LogP contribution in [0, 0.1) is 6.61 Å². The van der Waals surface area contributed by atoms with E-state index in [0.29, 0.717) is 0 Å². The lowest BCUT2D eigenvalue weighted by atomic mass is 10.0. The first-order valence-electron chi connectivity index (χ1n) is 19.3. The van der Waals surface area contributed by atoms with E-state index in [1.54, 1.807) is 0 Å². The molecule has 0 atom stereocenters. The number of hydrogen-bond donors (Lipinski definition) is 0. The van der Waals surface area contributed by atoms with Gasteiger partial charge in [0.05, 0.1) is 6.61 Å². The monoisotopic (exact) mass is 564 g/mol. The summed E-state index contributed by atoms with van der Waals surface area (Å²) in [6.07, 6.45) is 50.1. The van der Waals surface area contributed by atoms with Gasteiger partial charge in [0.25, 0.3) is 0 Å². The Morgan fingerprint density at radius 2 is 0.500 bits per heavy atom. The van der Waals surface area contributed by atoms with Crippen LogP contribution in [0.4, 0.5) is 0 Å². The molecule has 1 radical (unpaired) electrons. The lowest BCUT2D eigenvalue weighted by Crippen LogP contribution is -1.92. The maximum Gasteiger partial charge on any atom is 0.0836 e. The summed E-state index contributed by atoms with van der Waals surface area (Å²) in [7, 11) is 0. The van der Waals surface area contributed by atoms with E-state index < -0.39 is 0 Å². The average Bonchev–Trinajstić information content (AvgIpc) is 2.97. The van der Waals surface area contributed by atoms with Crippen molar-refractivity contribution in [2.45, 2.75) is 239 Å².